The zero-order valence-corrected chi connectivity index (χ0v) is 10.5. The highest BCUT2D eigenvalue weighted by Crippen LogP contribution is 2.19. The van der Waals surface area contributed by atoms with Gasteiger partial charge in [-0.2, -0.15) is 0 Å². The van der Waals surface area contributed by atoms with Gasteiger partial charge in [-0.3, -0.25) is 9.59 Å². The van der Waals surface area contributed by atoms with E-state index in [9.17, 15) is 14.0 Å². The van der Waals surface area contributed by atoms with E-state index >= 15 is 0 Å². The van der Waals surface area contributed by atoms with Crippen LogP contribution in [0.15, 0.2) is 18.2 Å². The van der Waals surface area contributed by atoms with Crippen molar-refractivity contribution < 1.29 is 14.0 Å². The van der Waals surface area contributed by atoms with E-state index in [4.69, 9.17) is 23.2 Å². The van der Waals surface area contributed by atoms with Crippen molar-refractivity contribution in [2.45, 2.75) is 19.4 Å². The second kappa shape index (κ2) is 5.98. The molecule has 17 heavy (non-hydrogen) atoms. The molecule has 0 radical (unpaired) electrons. The Labute approximate surface area is 108 Å². The maximum Gasteiger partial charge on any atom is 0.256 e. The van der Waals surface area contributed by atoms with E-state index in [0.29, 0.717) is 6.42 Å². The van der Waals surface area contributed by atoms with Crippen molar-refractivity contribution in [3.05, 3.63) is 34.6 Å². The minimum atomic E-state index is -0.847. The Bertz CT molecular complexity index is 431. The number of hydrogen-bond donors (Lipinski definition) is 1. The van der Waals surface area contributed by atoms with Crippen LogP contribution in [-0.2, 0) is 4.79 Å². The minimum absolute atomic E-state index is 0.0145. The summed E-state index contributed by atoms with van der Waals surface area (Å²) >= 11 is 11.0. The zero-order chi connectivity index (χ0) is 13.0. The van der Waals surface area contributed by atoms with Gasteiger partial charge in [0.25, 0.3) is 5.91 Å². The van der Waals surface area contributed by atoms with Crippen molar-refractivity contribution in [2.24, 2.45) is 0 Å². The molecule has 0 aromatic heterocycles. The molecule has 1 amide bonds. The Morgan fingerprint density at radius 3 is 2.59 bits per heavy atom. The van der Waals surface area contributed by atoms with Gasteiger partial charge in [0.15, 0.2) is 0 Å². The molecular formula is C11H10Cl2FNO2. The lowest BCUT2D eigenvalue weighted by molar-refractivity contribution is -0.113. The first-order chi connectivity index (χ1) is 7.97. The summed E-state index contributed by atoms with van der Waals surface area (Å²) < 4.78 is 13.4. The monoisotopic (exact) mass is 277 g/mol. The van der Waals surface area contributed by atoms with E-state index < -0.39 is 23.0 Å². The average molecular weight is 278 g/mol. The molecule has 0 fully saturated rings. The number of rotatable bonds is 4. The lowest BCUT2D eigenvalue weighted by atomic mass is 10.1. The van der Waals surface area contributed by atoms with Crippen LogP contribution < -0.4 is 5.32 Å². The van der Waals surface area contributed by atoms with Gasteiger partial charge in [-0.15, -0.1) is 0 Å². The fraction of sp³-hybridized carbons (Fsp3) is 0.273. The number of benzene rings is 1. The molecule has 0 aliphatic heterocycles. The molecule has 0 aliphatic carbocycles. The van der Waals surface area contributed by atoms with Gasteiger partial charge >= 0.3 is 0 Å². The number of halogens is 3. The lowest BCUT2D eigenvalue weighted by Gasteiger charge is -2.13. The van der Waals surface area contributed by atoms with Crippen molar-refractivity contribution in [1.29, 1.82) is 0 Å². The van der Waals surface area contributed by atoms with Crippen molar-refractivity contribution in [2.75, 3.05) is 0 Å². The summed E-state index contributed by atoms with van der Waals surface area (Å²) in [5, 5.41) is 1.60. The van der Waals surface area contributed by atoms with Gasteiger partial charge in [0.2, 0.25) is 5.24 Å². The number of hydrogen-bond acceptors (Lipinski definition) is 2. The second-order valence-electron chi connectivity index (χ2n) is 3.34. The first-order valence-corrected chi connectivity index (χ1v) is 5.67. The standard InChI is InChI=1S/C11H10Cl2FNO2/c1-2-8(10(13)16)15-11(17)9-6(12)4-3-5-7(9)14/h3-5,8H,2H2,1H3,(H,15,17). The van der Waals surface area contributed by atoms with Crippen molar-refractivity contribution in [3.8, 4) is 0 Å². The first-order valence-electron chi connectivity index (χ1n) is 4.91. The molecule has 6 heteroatoms. The van der Waals surface area contributed by atoms with Crippen LogP contribution in [0, 0.1) is 5.82 Å². The summed E-state index contributed by atoms with van der Waals surface area (Å²) in [4.78, 5) is 22.6. The van der Waals surface area contributed by atoms with Gasteiger partial charge in [-0.05, 0) is 30.2 Å². The lowest BCUT2D eigenvalue weighted by Crippen LogP contribution is -2.38. The first kappa shape index (κ1) is 13.9. The Kier molecular flexibility index (Phi) is 4.90. The Morgan fingerprint density at radius 1 is 1.47 bits per heavy atom. The van der Waals surface area contributed by atoms with Crippen LogP contribution in [-0.4, -0.2) is 17.2 Å². The van der Waals surface area contributed by atoms with Crippen LogP contribution in [0.2, 0.25) is 5.02 Å². The molecule has 0 aliphatic rings. The number of amides is 1. The highest BCUT2D eigenvalue weighted by atomic mass is 35.5. The van der Waals surface area contributed by atoms with E-state index in [1.165, 1.54) is 12.1 Å². The summed E-state index contributed by atoms with van der Waals surface area (Å²) in [7, 11) is 0. The fourth-order valence-corrected chi connectivity index (χ4v) is 1.72. The van der Waals surface area contributed by atoms with Crippen molar-refractivity contribution >= 4 is 34.4 Å². The zero-order valence-electron chi connectivity index (χ0n) is 8.97. The molecule has 1 rings (SSSR count). The summed E-state index contributed by atoms with van der Waals surface area (Å²) in [6.07, 6.45) is 0.320. The maximum absolute atomic E-state index is 13.4. The van der Waals surface area contributed by atoms with Gasteiger partial charge in [-0.25, -0.2) is 4.39 Å². The van der Waals surface area contributed by atoms with E-state index in [-0.39, 0.29) is 10.6 Å². The van der Waals surface area contributed by atoms with Crippen molar-refractivity contribution in [3.63, 3.8) is 0 Å². The molecule has 0 spiro atoms. The fourth-order valence-electron chi connectivity index (χ4n) is 1.26. The molecule has 0 saturated heterocycles. The number of carbonyl (C=O) groups excluding carboxylic acids is 2. The third kappa shape index (κ3) is 3.41. The van der Waals surface area contributed by atoms with Gasteiger partial charge in [0.05, 0.1) is 10.6 Å². The average Bonchev–Trinajstić information content (AvgIpc) is 2.25. The highest BCUT2D eigenvalue weighted by Gasteiger charge is 2.21. The van der Waals surface area contributed by atoms with Gasteiger partial charge in [-0.1, -0.05) is 24.6 Å². The summed E-state index contributed by atoms with van der Waals surface area (Å²) in [5.74, 6) is -1.50. The normalized spacial score (nSPS) is 12.0. The topological polar surface area (TPSA) is 46.2 Å². The van der Waals surface area contributed by atoms with E-state index in [1.807, 2.05) is 0 Å². The third-order valence-corrected chi connectivity index (χ3v) is 2.76. The van der Waals surface area contributed by atoms with Crippen molar-refractivity contribution in [1.82, 2.24) is 5.32 Å². The van der Waals surface area contributed by atoms with Crippen LogP contribution in [0.3, 0.4) is 0 Å². The van der Waals surface area contributed by atoms with Crippen LogP contribution in [0.5, 0.6) is 0 Å². The van der Waals surface area contributed by atoms with Gasteiger partial charge < -0.3 is 5.32 Å². The van der Waals surface area contributed by atoms with E-state index in [1.54, 1.807) is 6.92 Å². The molecule has 0 heterocycles. The predicted octanol–water partition coefficient (Wildman–Crippen LogP) is 2.75. The Hall–Kier alpha value is -1.13. The molecule has 3 nitrogen and oxygen atoms in total. The summed E-state index contributed by atoms with van der Waals surface area (Å²) in [5.41, 5.74) is -0.287. The second-order valence-corrected chi connectivity index (χ2v) is 4.11. The molecule has 1 N–H and O–H groups in total. The molecular weight excluding hydrogens is 268 g/mol. The van der Waals surface area contributed by atoms with Gasteiger partial charge in [0.1, 0.15) is 11.9 Å². The summed E-state index contributed by atoms with van der Waals surface area (Å²) in [6, 6.07) is 3.05. The third-order valence-electron chi connectivity index (χ3n) is 2.18. The van der Waals surface area contributed by atoms with Crippen LogP contribution in [0.1, 0.15) is 23.7 Å². The Balaban J connectivity index is 2.94. The maximum atomic E-state index is 13.4. The van der Waals surface area contributed by atoms with Gasteiger partial charge in [0, 0.05) is 0 Å². The minimum Gasteiger partial charge on any atom is -0.341 e. The molecule has 0 saturated carbocycles. The van der Waals surface area contributed by atoms with E-state index in [2.05, 4.69) is 5.32 Å². The smallest absolute Gasteiger partial charge is 0.256 e. The SMILES string of the molecule is CCC(NC(=O)c1c(F)cccc1Cl)C(=O)Cl. The Morgan fingerprint density at radius 2 is 2.12 bits per heavy atom. The highest BCUT2D eigenvalue weighted by molar-refractivity contribution is 6.64. The van der Waals surface area contributed by atoms with E-state index in [0.717, 1.165) is 6.07 Å². The van der Waals surface area contributed by atoms with Crippen LogP contribution in [0.25, 0.3) is 0 Å². The predicted molar refractivity (Wildman–Crippen MR) is 63.8 cm³/mol. The number of carbonyl (C=O) groups is 2. The quantitative estimate of drug-likeness (QED) is 0.861. The molecule has 92 valence electrons. The molecule has 1 aromatic carbocycles. The molecule has 1 unspecified atom stereocenters. The molecule has 1 atom stereocenters. The number of nitrogens with one attached hydrogen (secondary N) is 1. The molecule has 1 aromatic rings. The largest absolute Gasteiger partial charge is 0.341 e. The van der Waals surface area contributed by atoms with Crippen LogP contribution >= 0.6 is 23.2 Å². The molecule has 0 bridgehead atoms. The summed E-state index contributed by atoms with van der Waals surface area (Å²) in [6.45, 7) is 1.67. The van der Waals surface area contributed by atoms with Crippen LogP contribution in [0.4, 0.5) is 4.39 Å².